The zero-order valence-corrected chi connectivity index (χ0v) is 6.59. The van der Waals surface area contributed by atoms with Crippen molar-refractivity contribution in [3.05, 3.63) is 29.3 Å². The van der Waals surface area contributed by atoms with Gasteiger partial charge in [0.1, 0.15) is 0 Å². The summed E-state index contributed by atoms with van der Waals surface area (Å²) in [5, 5.41) is 0.782. The molecule has 1 aromatic rings. The highest BCUT2D eigenvalue weighted by atomic mass is 35.5. The lowest BCUT2D eigenvalue weighted by Gasteiger charge is -1.95. The maximum atomic E-state index is 5.77. The Kier molecular flexibility index (Phi) is 2.43. The summed E-state index contributed by atoms with van der Waals surface area (Å²) < 4.78 is 0. The topological polar surface area (TPSA) is 0 Å². The second-order valence-electron chi connectivity index (χ2n) is 1.56. The monoisotopic (exact) mass is 157 g/mol. The predicted octanol–water partition coefficient (Wildman–Crippen LogP) is 2.86. The van der Waals surface area contributed by atoms with Gasteiger partial charge in [0.25, 0.3) is 0 Å². The Morgan fingerprint density at radius 2 is 2.44 bits per heavy atom. The molecule has 0 amide bonds. The van der Waals surface area contributed by atoms with E-state index in [9.17, 15) is 0 Å². The third-order valence-corrected chi connectivity index (χ3v) is 2.22. The molecular formula is C7H6ClS. The molecule has 2 heteroatoms. The average Bonchev–Trinajstić information content (AvgIpc) is 1.89. The average molecular weight is 158 g/mol. The number of hydrogen-bond donors (Lipinski definition) is 0. The van der Waals surface area contributed by atoms with Gasteiger partial charge >= 0.3 is 0 Å². The number of halogens is 1. The third kappa shape index (κ3) is 1.63. The summed E-state index contributed by atoms with van der Waals surface area (Å²) in [6.07, 6.45) is 2.00. The lowest BCUT2D eigenvalue weighted by atomic mass is 10.4. The second-order valence-corrected chi connectivity index (χ2v) is 2.82. The van der Waals surface area contributed by atoms with Gasteiger partial charge in [-0.3, -0.25) is 0 Å². The van der Waals surface area contributed by atoms with Gasteiger partial charge < -0.3 is 0 Å². The van der Waals surface area contributed by atoms with Gasteiger partial charge in [-0.1, -0.05) is 17.7 Å². The van der Waals surface area contributed by atoms with Crippen molar-refractivity contribution in [1.29, 1.82) is 0 Å². The van der Waals surface area contributed by atoms with Gasteiger partial charge in [0.2, 0.25) is 0 Å². The molecule has 0 aliphatic carbocycles. The molecule has 0 aromatic heterocycles. The Labute approximate surface area is 64.2 Å². The van der Waals surface area contributed by atoms with E-state index in [1.165, 1.54) is 0 Å². The predicted molar refractivity (Wildman–Crippen MR) is 42.1 cm³/mol. The van der Waals surface area contributed by atoms with Crippen molar-refractivity contribution in [2.45, 2.75) is 4.90 Å². The number of rotatable bonds is 1. The SMILES string of the molecule is CSc1cc[c]cc1Cl. The molecule has 1 aromatic carbocycles. The van der Waals surface area contributed by atoms with Crippen LogP contribution in [0.2, 0.25) is 5.02 Å². The zero-order valence-electron chi connectivity index (χ0n) is 5.02. The van der Waals surface area contributed by atoms with Crippen molar-refractivity contribution >= 4 is 23.4 Å². The minimum Gasteiger partial charge on any atom is -0.128 e. The van der Waals surface area contributed by atoms with Crippen LogP contribution in [0, 0.1) is 6.07 Å². The molecule has 0 nitrogen and oxygen atoms in total. The van der Waals surface area contributed by atoms with E-state index in [0.717, 1.165) is 9.92 Å². The molecule has 0 bridgehead atoms. The van der Waals surface area contributed by atoms with Crippen LogP contribution < -0.4 is 0 Å². The summed E-state index contributed by atoms with van der Waals surface area (Å²) in [6.45, 7) is 0. The Bertz CT molecular complexity index is 198. The van der Waals surface area contributed by atoms with E-state index in [1.807, 2.05) is 18.4 Å². The quantitative estimate of drug-likeness (QED) is 0.565. The Morgan fingerprint density at radius 3 is 2.89 bits per heavy atom. The lowest BCUT2D eigenvalue weighted by molar-refractivity contribution is 1.46. The molecule has 0 atom stereocenters. The molecule has 1 rings (SSSR count). The minimum absolute atomic E-state index is 0.782. The summed E-state index contributed by atoms with van der Waals surface area (Å²) in [5.41, 5.74) is 0. The van der Waals surface area contributed by atoms with Crippen molar-refractivity contribution in [2.75, 3.05) is 6.26 Å². The molecule has 1 radical (unpaired) electrons. The van der Waals surface area contributed by atoms with Crippen molar-refractivity contribution in [3.8, 4) is 0 Å². The molecule has 9 heavy (non-hydrogen) atoms. The molecule has 0 fully saturated rings. The van der Waals surface area contributed by atoms with E-state index >= 15 is 0 Å². The Hall–Kier alpha value is -0.140. The van der Waals surface area contributed by atoms with E-state index in [1.54, 1.807) is 17.8 Å². The van der Waals surface area contributed by atoms with E-state index in [0.29, 0.717) is 0 Å². The molecular weight excluding hydrogens is 152 g/mol. The van der Waals surface area contributed by atoms with Crippen molar-refractivity contribution in [3.63, 3.8) is 0 Å². The van der Waals surface area contributed by atoms with Gasteiger partial charge in [0.05, 0.1) is 5.02 Å². The Morgan fingerprint density at radius 1 is 1.67 bits per heavy atom. The second kappa shape index (κ2) is 3.14. The van der Waals surface area contributed by atoms with Gasteiger partial charge in [-0.25, -0.2) is 0 Å². The van der Waals surface area contributed by atoms with Crippen LogP contribution in [-0.4, -0.2) is 6.26 Å². The minimum atomic E-state index is 0.782. The number of benzene rings is 1. The number of hydrogen-bond acceptors (Lipinski definition) is 1. The standard InChI is InChI=1S/C7H6ClS/c1-9-7-5-3-2-4-6(7)8/h3-5H,1H3. The summed E-state index contributed by atoms with van der Waals surface area (Å²) >= 11 is 7.42. The maximum Gasteiger partial charge on any atom is 0.0547 e. The van der Waals surface area contributed by atoms with Gasteiger partial charge in [-0.15, -0.1) is 11.8 Å². The molecule has 0 aliphatic rings. The highest BCUT2D eigenvalue weighted by molar-refractivity contribution is 7.98. The molecule has 0 saturated carbocycles. The summed E-state index contributed by atoms with van der Waals surface area (Å²) in [6, 6.07) is 8.47. The first-order valence-corrected chi connectivity index (χ1v) is 4.14. The highest BCUT2D eigenvalue weighted by Gasteiger charge is 1.92. The third-order valence-electron chi connectivity index (χ3n) is 0.996. The van der Waals surface area contributed by atoms with Crippen LogP contribution in [0.3, 0.4) is 0 Å². The fourth-order valence-corrected chi connectivity index (χ4v) is 1.38. The molecule has 0 N–H and O–H groups in total. The zero-order chi connectivity index (χ0) is 6.69. The van der Waals surface area contributed by atoms with Crippen LogP contribution in [0.1, 0.15) is 0 Å². The largest absolute Gasteiger partial charge is 0.128 e. The summed E-state index contributed by atoms with van der Waals surface area (Å²) in [5.74, 6) is 0. The van der Waals surface area contributed by atoms with Crippen LogP contribution in [0.4, 0.5) is 0 Å². The first-order valence-electron chi connectivity index (χ1n) is 2.54. The first-order chi connectivity index (χ1) is 4.34. The first kappa shape index (κ1) is 6.97. The highest BCUT2D eigenvalue weighted by Crippen LogP contribution is 2.23. The molecule has 0 aliphatic heterocycles. The fraction of sp³-hybridized carbons (Fsp3) is 0.143. The van der Waals surface area contributed by atoms with Crippen molar-refractivity contribution in [2.24, 2.45) is 0 Å². The van der Waals surface area contributed by atoms with Gasteiger partial charge in [0, 0.05) is 4.90 Å². The summed E-state index contributed by atoms with van der Waals surface area (Å²) in [7, 11) is 0. The van der Waals surface area contributed by atoms with Gasteiger partial charge in [-0.2, -0.15) is 0 Å². The van der Waals surface area contributed by atoms with Crippen LogP contribution in [0.25, 0.3) is 0 Å². The molecule has 47 valence electrons. The van der Waals surface area contributed by atoms with Crippen molar-refractivity contribution < 1.29 is 0 Å². The lowest BCUT2D eigenvalue weighted by Crippen LogP contribution is -1.69. The van der Waals surface area contributed by atoms with E-state index in [2.05, 4.69) is 6.07 Å². The van der Waals surface area contributed by atoms with E-state index in [4.69, 9.17) is 11.6 Å². The maximum absolute atomic E-state index is 5.77. The van der Waals surface area contributed by atoms with Crippen LogP contribution in [0.15, 0.2) is 23.1 Å². The van der Waals surface area contributed by atoms with Crippen LogP contribution in [0.5, 0.6) is 0 Å². The van der Waals surface area contributed by atoms with Gasteiger partial charge in [-0.05, 0) is 24.5 Å². The Balaban J connectivity index is 3.01. The van der Waals surface area contributed by atoms with Crippen LogP contribution in [-0.2, 0) is 0 Å². The molecule has 0 unspecified atom stereocenters. The van der Waals surface area contributed by atoms with Gasteiger partial charge in [0.15, 0.2) is 0 Å². The number of thioether (sulfide) groups is 1. The smallest absolute Gasteiger partial charge is 0.0547 e. The normalized spacial score (nSPS) is 9.56. The van der Waals surface area contributed by atoms with E-state index < -0.39 is 0 Å². The molecule has 0 spiro atoms. The molecule has 0 heterocycles. The molecule has 0 saturated heterocycles. The fourth-order valence-electron chi connectivity index (χ4n) is 0.561. The van der Waals surface area contributed by atoms with E-state index in [-0.39, 0.29) is 0 Å². The summed E-state index contributed by atoms with van der Waals surface area (Å²) in [4.78, 5) is 1.11. The van der Waals surface area contributed by atoms with Crippen LogP contribution >= 0.6 is 23.4 Å². The van der Waals surface area contributed by atoms with Crippen molar-refractivity contribution in [1.82, 2.24) is 0 Å².